The van der Waals surface area contributed by atoms with Gasteiger partial charge in [0.25, 0.3) is 0 Å². The van der Waals surface area contributed by atoms with E-state index in [1.807, 2.05) is 36.4 Å². The molecule has 0 radical (unpaired) electrons. The van der Waals surface area contributed by atoms with Gasteiger partial charge in [0.15, 0.2) is 0 Å². The largest absolute Gasteiger partial charge is 0.453 e. The van der Waals surface area contributed by atoms with E-state index in [0.29, 0.717) is 11.5 Å². The van der Waals surface area contributed by atoms with E-state index < -0.39 is 6.09 Å². The van der Waals surface area contributed by atoms with Crippen LogP contribution in [0.15, 0.2) is 52.3 Å². The van der Waals surface area contributed by atoms with Crippen LogP contribution in [0.3, 0.4) is 0 Å². The average Bonchev–Trinajstić information content (AvgIpc) is 2.96. The van der Waals surface area contributed by atoms with Gasteiger partial charge in [0.05, 0.1) is 29.8 Å². The zero-order valence-electron chi connectivity index (χ0n) is 12.2. The van der Waals surface area contributed by atoms with Crippen molar-refractivity contribution in [1.29, 1.82) is 5.26 Å². The third kappa shape index (κ3) is 3.44. The lowest BCUT2D eigenvalue weighted by Crippen LogP contribution is -2.11. The molecule has 114 valence electrons. The SMILES string of the molecule is COC(=O)Nc1nc2cc(Sc3cccc(C#N)c3)ccc2[nH]1. The maximum Gasteiger partial charge on any atom is 0.413 e. The topological polar surface area (TPSA) is 90.8 Å². The Kier molecular flexibility index (Phi) is 4.17. The van der Waals surface area contributed by atoms with Gasteiger partial charge in [-0.25, -0.2) is 9.78 Å². The molecule has 3 aromatic rings. The van der Waals surface area contributed by atoms with Crippen LogP contribution in [0.2, 0.25) is 0 Å². The summed E-state index contributed by atoms with van der Waals surface area (Å²) in [5.41, 5.74) is 2.17. The Morgan fingerprint density at radius 2 is 2.13 bits per heavy atom. The molecule has 1 aromatic heterocycles. The molecule has 2 aromatic carbocycles. The molecule has 7 heteroatoms. The number of ether oxygens (including phenoxy) is 1. The van der Waals surface area contributed by atoms with Gasteiger partial charge in [0, 0.05) is 9.79 Å². The number of H-pyrrole nitrogens is 1. The standard InChI is InChI=1S/C16H12N4O2S/c1-22-16(21)20-15-18-13-6-5-12(8-14(13)19-15)23-11-4-2-3-10(7-11)9-17/h2-8H,1H3,(H2,18,19,20,21). The number of carbonyl (C=O) groups is 1. The molecular weight excluding hydrogens is 312 g/mol. The smallest absolute Gasteiger partial charge is 0.413 e. The lowest BCUT2D eigenvalue weighted by molar-refractivity contribution is 0.186. The second-order valence-corrected chi connectivity index (χ2v) is 5.77. The molecule has 0 aliphatic carbocycles. The van der Waals surface area contributed by atoms with Gasteiger partial charge >= 0.3 is 6.09 Å². The number of amides is 1. The summed E-state index contributed by atoms with van der Waals surface area (Å²) < 4.78 is 4.53. The Bertz CT molecular complexity index is 914. The van der Waals surface area contributed by atoms with E-state index in [1.165, 1.54) is 7.11 Å². The zero-order chi connectivity index (χ0) is 16.2. The number of nitrogens with one attached hydrogen (secondary N) is 2. The highest BCUT2D eigenvalue weighted by molar-refractivity contribution is 7.99. The lowest BCUT2D eigenvalue weighted by atomic mass is 10.2. The number of benzene rings is 2. The van der Waals surface area contributed by atoms with Crippen LogP contribution >= 0.6 is 11.8 Å². The second kappa shape index (κ2) is 6.42. The van der Waals surface area contributed by atoms with Crippen LogP contribution in [-0.2, 0) is 4.74 Å². The number of methoxy groups -OCH3 is 1. The molecular formula is C16H12N4O2S. The van der Waals surface area contributed by atoms with Gasteiger partial charge in [-0.1, -0.05) is 17.8 Å². The number of carbonyl (C=O) groups excluding carboxylic acids is 1. The number of fused-ring (bicyclic) bond motifs is 1. The number of nitriles is 1. The van der Waals surface area contributed by atoms with Crippen LogP contribution in [-0.4, -0.2) is 23.2 Å². The molecule has 6 nitrogen and oxygen atoms in total. The van der Waals surface area contributed by atoms with E-state index in [1.54, 1.807) is 17.8 Å². The Labute approximate surface area is 136 Å². The van der Waals surface area contributed by atoms with Crippen molar-refractivity contribution in [2.75, 3.05) is 12.4 Å². The van der Waals surface area contributed by atoms with Crippen molar-refractivity contribution in [2.45, 2.75) is 9.79 Å². The average molecular weight is 324 g/mol. The van der Waals surface area contributed by atoms with E-state index >= 15 is 0 Å². The van der Waals surface area contributed by atoms with Crippen molar-refractivity contribution in [3.05, 3.63) is 48.0 Å². The first-order chi connectivity index (χ1) is 11.2. The van der Waals surface area contributed by atoms with Gasteiger partial charge in [-0.3, -0.25) is 5.32 Å². The van der Waals surface area contributed by atoms with Crippen LogP contribution in [0.1, 0.15) is 5.56 Å². The number of imidazole rings is 1. The minimum Gasteiger partial charge on any atom is -0.453 e. The highest BCUT2D eigenvalue weighted by Crippen LogP contribution is 2.30. The predicted octanol–water partition coefficient (Wildman–Crippen LogP) is 3.76. The molecule has 0 fully saturated rings. The van der Waals surface area contributed by atoms with E-state index in [2.05, 4.69) is 26.1 Å². The number of rotatable bonds is 3. The number of hydrogen-bond acceptors (Lipinski definition) is 5. The zero-order valence-corrected chi connectivity index (χ0v) is 13.0. The summed E-state index contributed by atoms with van der Waals surface area (Å²) in [4.78, 5) is 20.5. The van der Waals surface area contributed by atoms with E-state index in [-0.39, 0.29) is 0 Å². The number of anilines is 1. The molecule has 2 N–H and O–H groups in total. The van der Waals surface area contributed by atoms with Gasteiger partial charge in [0.2, 0.25) is 5.95 Å². The number of aromatic amines is 1. The van der Waals surface area contributed by atoms with Crippen molar-refractivity contribution >= 4 is 34.8 Å². The Balaban J connectivity index is 1.84. The molecule has 1 heterocycles. The van der Waals surface area contributed by atoms with Crippen molar-refractivity contribution < 1.29 is 9.53 Å². The van der Waals surface area contributed by atoms with Crippen LogP contribution < -0.4 is 5.32 Å². The Morgan fingerprint density at radius 1 is 1.30 bits per heavy atom. The molecule has 0 saturated carbocycles. The fourth-order valence-electron chi connectivity index (χ4n) is 2.02. The molecule has 0 aliphatic rings. The minimum absolute atomic E-state index is 0.334. The van der Waals surface area contributed by atoms with Gasteiger partial charge in [-0.05, 0) is 36.4 Å². The molecule has 0 unspecified atom stereocenters. The summed E-state index contributed by atoms with van der Waals surface area (Å²) >= 11 is 1.54. The fourth-order valence-corrected chi connectivity index (χ4v) is 2.93. The quantitative estimate of drug-likeness (QED) is 0.765. The summed E-state index contributed by atoms with van der Waals surface area (Å²) in [6.45, 7) is 0. The van der Waals surface area contributed by atoms with E-state index in [9.17, 15) is 4.79 Å². The molecule has 3 rings (SSSR count). The summed E-state index contributed by atoms with van der Waals surface area (Å²) in [6, 6.07) is 15.3. The van der Waals surface area contributed by atoms with Crippen LogP contribution in [0.25, 0.3) is 11.0 Å². The van der Waals surface area contributed by atoms with Crippen molar-refractivity contribution in [3.63, 3.8) is 0 Å². The highest BCUT2D eigenvalue weighted by Gasteiger charge is 2.08. The fraction of sp³-hybridized carbons (Fsp3) is 0.0625. The second-order valence-electron chi connectivity index (χ2n) is 4.62. The highest BCUT2D eigenvalue weighted by atomic mass is 32.2. The lowest BCUT2D eigenvalue weighted by Gasteiger charge is -2.01. The van der Waals surface area contributed by atoms with Gasteiger partial charge in [-0.15, -0.1) is 0 Å². The number of aromatic nitrogens is 2. The third-order valence-electron chi connectivity index (χ3n) is 3.06. The van der Waals surface area contributed by atoms with Gasteiger partial charge < -0.3 is 9.72 Å². The summed E-state index contributed by atoms with van der Waals surface area (Å²) in [7, 11) is 1.29. The van der Waals surface area contributed by atoms with E-state index in [4.69, 9.17) is 5.26 Å². The molecule has 0 spiro atoms. The van der Waals surface area contributed by atoms with Crippen molar-refractivity contribution in [2.24, 2.45) is 0 Å². The number of nitrogens with zero attached hydrogens (tertiary/aromatic N) is 2. The maximum atomic E-state index is 11.2. The first-order valence-electron chi connectivity index (χ1n) is 6.70. The van der Waals surface area contributed by atoms with Gasteiger partial charge in [-0.2, -0.15) is 5.26 Å². The van der Waals surface area contributed by atoms with Crippen LogP contribution in [0.5, 0.6) is 0 Å². The van der Waals surface area contributed by atoms with Crippen molar-refractivity contribution in [1.82, 2.24) is 9.97 Å². The van der Waals surface area contributed by atoms with Crippen LogP contribution in [0.4, 0.5) is 10.7 Å². The maximum absolute atomic E-state index is 11.2. The third-order valence-corrected chi connectivity index (χ3v) is 4.04. The monoisotopic (exact) mass is 324 g/mol. The summed E-state index contributed by atoms with van der Waals surface area (Å²) in [5, 5.41) is 11.4. The molecule has 0 saturated heterocycles. The molecule has 0 atom stereocenters. The Morgan fingerprint density at radius 3 is 2.91 bits per heavy atom. The first kappa shape index (κ1) is 14.9. The molecule has 1 amide bonds. The van der Waals surface area contributed by atoms with Crippen molar-refractivity contribution in [3.8, 4) is 6.07 Å². The van der Waals surface area contributed by atoms with Crippen LogP contribution in [0, 0.1) is 11.3 Å². The molecule has 23 heavy (non-hydrogen) atoms. The van der Waals surface area contributed by atoms with E-state index in [0.717, 1.165) is 20.8 Å². The molecule has 0 bridgehead atoms. The Hall–Kier alpha value is -2.98. The predicted molar refractivity (Wildman–Crippen MR) is 87.4 cm³/mol. The summed E-state index contributed by atoms with van der Waals surface area (Å²) in [6.07, 6.45) is -0.577. The first-order valence-corrected chi connectivity index (χ1v) is 7.52. The summed E-state index contributed by atoms with van der Waals surface area (Å²) in [5.74, 6) is 0.334. The minimum atomic E-state index is -0.577. The van der Waals surface area contributed by atoms with Gasteiger partial charge in [0.1, 0.15) is 0 Å². The number of hydrogen-bond donors (Lipinski definition) is 2. The molecule has 0 aliphatic heterocycles. The normalized spacial score (nSPS) is 10.3.